The van der Waals surface area contributed by atoms with Crippen LogP contribution in [0.4, 0.5) is 4.79 Å². The van der Waals surface area contributed by atoms with Crippen molar-refractivity contribution in [3.8, 4) is 0 Å². The summed E-state index contributed by atoms with van der Waals surface area (Å²) in [7, 11) is 0. The number of hydrogen-bond acceptors (Lipinski definition) is 5. The Bertz CT molecular complexity index is 1100. The van der Waals surface area contributed by atoms with E-state index in [9.17, 15) is 14.4 Å². The Hall–Kier alpha value is -3.54. The highest BCUT2D eigenvalue weighted by atomic mass is 16.6. The van der Waals surface area contributed by atoms with Gasteiger partial charge in [0.15, 0.2) is 0 Å². The molecule has 0 atom stereocenters. The van der Waals surface area contributed by atoms with Gasteiger partial charge in [0.1, 0.15) is 18.2 Å². The molecule has 148 valence electrons. The molecule has 4 rings (SSSR count). The Morgan fingerprint density at radius 3 is 2.45 bits per heavy atom. The summed E-state index contributed by atoms with van der Waals surface area (Å²) in [6.07, 6.45) is 7.79. The van der Waals surface area contributed by atoms with Gasteiger partial charge in [-0.1, -0.05) is 36.4 Å². The number of ether oxygens (including phenoxy) is 1. The standard InChI is InChI=1S/C13H14N2O3.C10H8O/c1-13(2,3)18-12(17)15-11-6-9(8-16)4-5-10(11)7-14-15;11-7-8-4-5-9-2-1-3-10(9)6-8/h4-8H,1-3H3;1-2,4-7H,3H2. The lowest BCUT2D eigenvalue weighted by atomic mass is 10.1. The molecular formula is C23H22N2O4. The molecule has 3 aromatic rings. The van der Waals surface area contributed by atoms with E-state index >= 15 is 0 Å². The molecule has 0 radical (unpaired) electrons. The minimum absolute atomic E-state index is 0.493. The summed E-state index contributed by atoms with van der Waals surface area (Å²) in [4.78, 5) is 33.0. The van der Waals surface area contributed by atoms with Gasteiger partial charge in [0.05, 0.1) is 11.7 Å². The van der Waals surface area contributed by atoms with E-state index in [4.69, 9.17) is 4.74 Å². The number of fused-ring (bicyclic) bond motifs is 2. The molecule has 0 fully saturated rings. The highest BCUT2D eigenvalue weighted by Gasteiger charge is 2.20. The largest absolute Gasteiger partial charge is 0.442 e. The number of allylic oxidation sites excluding steroid dienone is 1. The SMILES string of the molecule is CC(C)(C)OC(=O)n1ncc2ccc(C=O)cc21.O=Cc1ccc2c(c1)CC=C2. The van der Waals surface area contributed by atoms with Crippen LogP contribution in [-0.2, 0) is 11.2 Å². The monoisotopic (exact) mass is 390 g/mol. The zero-order valence-electron chi connectivity index (χ0n) is 16.6. The van der Waals surface area contributed by atoms with Crippen LogP contribution < -0.4 is 0 Å². The van der Waals surface area contributed by atoms with Gasteiger partial charge in [-0.2, -0.15) is 9.78 Å². The van der Waals surface area contributed by atoms with Crippen molar-refractivity contribution in [3.05, 3.63) is 70.9 Å². The van der Waals surface area contributed by atoms with Crippen molar-refractivity contribution in [1.29, 1.82) is 0 Å². The maximum absolute atomic E-state index is 11.9. The van der Waals surface area contributed by atoms with Crippen LogP contribution in [0.3, 0.4) is 0 Å². The van der Waals surface area contributed by atoms with Gasteiger partial charge in [0.25, 0.3) is 0 Å². The lowest BCUT2D eigenvalue weighted by Crippen LogP contribution is -2.27. The van der Waals surface area contributed by atoms with Gasteiger partial charge in [0, 0.05) is 16.5 Å². The van der Waals surface area contributed by atoms with Crippen molar-refractivity contribution in [2.45, 2.75) is 32.8 Å². The number of rotatable bonds is 2. The molecule has 0 spiro atoms. The maximum Gasteiger partial charge on any atom is 0.435 e. The Kier molecular flexibility index (Phi) is 5.73. The summed E-state index contributed by atoms with van der Waals surface area (Å²) in [5.74, 6) is 0. The molecule has 1 aliphatic carbocycles. The van der Waals surface area contributed by atoms with Crippen LogP contribution in [0.2, 0.25) is 0 Å². The van der Waals surface area contributed by atoms with Crippen LogP contribution in [0.25, 0.3) is 17.0 Å². The number of nitrogens with zero attached hydrogens (tertiary/aromatic N) is 2. The minimum atomic E-state index is -0.586. The Balaban J connectivity index is 0.000000186. The quantitative estimate of drug-likeness (QED) is 0.593. The highest BCUT2D eigenvalue weighted by molar-refractivity contribution is 5.91. The summed E-state index contributed by atoms with van der Waals surface area (Å²) in [5.41, 5.74) is 3.75. The van der Waals surface area contributed by atoms with E-state index in [1.807, 2.05) is 18.2 Å². The van der Waals surface area contributed by atoms with Gasteiger partial charge in [0.2, 0.25) is 0 Å². The first-order valence-electron chi connectivity index (χ1n) is 9.22. The zero-order valence-corrected chi connectivity index (χ0v) is 16.6. The third-order valence-electron chi connectivity index (χ3n) is 4.24. The van der Waals surface area contributed by atoms with Gasteiger partial charge in [-0.3, -0.25) is 9.59 Å². The van der Waals surface area contributed by atoms with Crippen LogP contribution >= 0.6 is 0 Å². The molecule has 2 aromatic carbocycles. The highest BCUT2D eigenvalue weighted by Crippen LogP contribution is 2.20. The second-order valence-corrected chi connectivity index (χ2v) is 7.66. The summed E-state index contributed by atoms with van der Waals surface area (Å²) < 4.78 is 6.40. The number of carbonyl (C=O) groups excluding carboxylic acids is 3. The number of carbonyl (C=O) groups is 3. The molecule has 0 unspecified atom stereocenters. The van der Waals surface area contributed by atoms with Crippen molar-refractivity contribution in [1.82, 2.24) is 9.78 Å². The molecule has 0 saturated heterocycles. The summed E-state index contributed by atoms with van der Waals surface area (Å²) >= 11 is 0. The molecule has 0 amide bonds. The van der Waals surface area contributed by atoms with E-state index in [-0.39, 0.29) is 0 Å². The van der Waals surface area contributed by atoms with Crippen molar-refractivity contribution in [3.63, 3.8) is 0 Å². The first-order chi connectivity index (χ1) is 13.8. The molecule has 0 aliphatic heterocycles. The van der Waals surface area contributed by atoms with Crippen molar-refractivity contribution in [2.75, 3.05) is 0 Å². The third kappa shape index (κ3) is 4.85. The lowest BCUT2D eigenvalue weighted by Gasteiger charge is -2.19. The third-order valence-corrected chi connectivity index (χ3v) is 4.24. The molecule has 1 aromatic heterocycles. The summed E-state index contributed by atoms with van der Waals surface area (Å²) in [6.45, 7) is 5.36. The summed E-state index contributed by atoms with van der Waals surface area (Å²) in [5, 5.41) is 4.76. The Morgan fingerprint density at radius 1 is 1.07 bits per heavy atom. The van der Waals surface area contributed by atoms with E-state index in [1.54, 1.807) is 45.2 Å². The van der Waals surface area contributed by atoms with Gasteiger partial charge < -0.3 is 4.74 Å². The molecule has 0 bridgehead atoms. The van der Waals surface area contributed by atoms with E-state index in [0.29, 0.717) is 11.1 Å². The first kappa shape index (κ1) is 20.2. The molecule has 0 saturated carbocycles. The normalized spacial score (nSPS) is 12.1. The van der Waals surface area contributed by atoms with Crippen LogP contribution in [0, 0.1) is 0 Å². The molecule has 29 heavy (non-hydrogen) atoms. The number of aromatic nitrogens is 2. The molecule has 0 N–H and O–H groups in total. The van der Waals surface area contributed by atoms with Crippen LogP contribution in [0.15, 0.2) is 48.7 Å². The topological polar surface area (TPSA) is 78.3 Å². The molecule has 6 heteroatoms. The van der Waals surface area contributed by atoms with Crippen molar-refractivity contribution in [2.24, 2.45) is 0 Å². The minimum Gasteiger partial charge on any atom is -0.442 e. The van der Waals surface area contributed by atoms with E-state index in [1.165, 1.54) is 11.1 Å². The Labute approximate surface area is 168 Å². The maximum atomic E-state index is 11.9. The smallest absolute Gasteiger partial charge is 0.435 e. The van der Waals surface area contributed by atoms with E-state index in [2.05, 4.69) is 17.3 Å². The average molecular weight is 390 g/mol. The number of aldehydes is 2. The average Bonchev–Trinajstić information content (AvgIpc) is 3.32. The fourth-order valence-corrected chi connectivity index (χ4v) is 2.91. The fourth-order valence-electron chi connectivity index (χ4n) is 2.91. The lowest BCUT2D eigenvalue weighted by molar-refractivity contribution is 0.0522. The predicted molar refractivity (Wildman–Crippen MR) is 111 cm³/mol. The first-order valence-corrected chi connectivity index (χ1v) is 9.22. The second-order valence-electron chi connectivity index (χ2n) is 7.66. The van der Waals surface area contributed by atoms with E-state index < -0.39 is 11.7 Å². The summed E-state index contributed by atoms with van der Waals surface area (Å²) in [6, 6.07) is 10.8. The fraction of sp³-hybridized carbons (Fsp3) is 0.217. The van der Waals surface area contributed by atoms with Gasteiger partial charge >= 0.3 is 6.09 Å². The molecule has 1 aliphatic rings. The van der Waals surface area contributed by atoms with Gasteiger partial charge in [-0.05, 0) is 50.5 Å². The second kappa shape index (κ2) is 8.22. The number of benzene rings is 2. The predicted octanol–water partition coefficient (Wildman–Crippen LogP) is 4.70. The van der Waals surface area contributed by atoms with E-state index in [0.717, 1.165) is 34.6 Å². The zero-order chi connectivity index (χ0) is 21.0. The molecule has 1 heterocycles. The molecular weight excluding hydrogens is 368 g/mol. The van der Waals surface area contributed by atoms with Gasteiger partial charge in [-0.25, -0.2) is 4.79 Å². The van der Waals surface area contributed by atoms with Crippen LogP contribution in [0.1, 0.15) is 52.6 Å². The van der Waals surface area contributed by atoms with Gasteiger partial charge in [-0.15, -0.1) is 0 Å². The number of hydrogen-bond donors (Lipinski definition) is 0. The van der Waals surface area contributed by atoms with Crippen molar-refractivity contribution < 1.29 is 19.1 Å². The van der Waals surface area contributed by atoms with Crippen LogP contribution in [0.5, 0.6) is 0 Å². The molecule has 6 nitrogen and oxygen atoms in total. The van der Waals surface area contributed by atoms with Crippen molar-refractivity contribution >= 4 is 35.6 Å². The Morgan fingerprint density at radius 2 is 1.76 bits per heavy atom. The van der Waals surface area contributed by atoms with Crippen LogP contribution in [-0.4, -0.2) is 34.0 Å².